The molecule has 23 heavy (non-hydrogen) atoms. The van der Waals surface area contributed by atoms with Gasteiger partial charge in [-0.05, 0) is 80.2 Å². The van der Waals surface area contributed by atoms with Crippen LogP contribution < -0.4 is 0 Å². The Bertz CT molecular complexity index is 519. The summed E-state index contributed by atoms with van der Waals surface area (Å²) in [5, 5.41) is 0. The number of hydrogen-bond donors (Lipinski definition) is 0. The summed E-state index contributed by atoms with van der Waals surface area (Å²) in [6.07, 6.45) is 9.73. The van der Waals surface area contributed by atoms with E-state index in [1.807, 2.05) is 30.3 Å². The number of hydrogen-bond acceptors (Lipinski definition) is 3. The molecule has 1 aromatic rings. The number of thioether (sulfide) groups is 1. The molecular weight excluding hydrogens is 304 g/mol. The molecule has 0 aromatic heterocycles. The highest BCUT2D eigenvalue weighted by Crippen LogP contribution is 2.61. The maximum absolute atomic E-state index is 12.0. The molecule has 0 atom stereocenters. The molecule has 0 radical (unpaired) electrons. The molecule has 4 fully saturated rings. The third-order valence-electron chi connectivity index (χ3n) is 6.16. The lowest BCUT2D eigenvalue weighted by Gasteiger charge is -2.57. The minimum Gasteiger partial charge on any atom is -0.465 e. The molecule has 2 nitrogen and oxygen atoms in total. The molecule has 1 aromatic carbocycles. The predicted molar refractivity (Wildman–Crippen MR) is 93.3 cm³/mol. The molecule has 0 aliphatic heterocycles. The van der Waals surface area contributed by atoms with Gasteiger partial charge >= 0.3 is 5.97 Å². The Morgan fingerprint density at radius 3 is 2.26 bits per heavy atom. The van der Waals surface area contributed by atoms with Gasteiger partial charge in [-0.3, -0.25) is 4.79 Å². The third-order valence-corrected chi connectivity index (χ3v) is 7.15. The van der Waals surface area contributed by atoms with Crippen LogP contribution in [0.4, 0.5) is 0 Å². The van der Waals surface area contributed by atoms with Gasteiger partial charge in [0.2, 0.25) is 0 Å². The summed E-state index contributed by atoms with van der Waals surface area (Å²) in [5.41, 5.74) is 0.515. The Hall–Kier alpha value is -0.960. The van der Waals surface area contributed by atoms with E-state index >= 15 is 0 Å². The highest BCUT2D eigenvalue weighted by Gasteiger charge is 2.50. The monoisotopic (exact) mass is 330 g/mol. The van der Waals surface area contributed by atoms with E-state index in [1.165, 1.54) is 38.5 Å². The van der Waals surface area contributed by atoms with E-state index < -0.39 is 0 Å². The van der Waals surface area contributed by atoms with Gasteiger partial charge in [-0.1, -0.05) is 18.2 Å². The molecular formula is C20H26O2S. The van der Waals surface area contributed by atoms with Crippen LogP contribution in [0.5, 0.6) is 0 Å². The van der Waals surface area contributed by atoms with Gasteiger partial charge in [-0.2, -0.15) is 0 Å². The van der Waals surface area contributed by atoms with Gasteiger partial charge in [0.1, 0.15) is 0 Å². The van der Waals surface area contributed by atoms with E-state index in [2.05, 4.69) is 0 Å². The highest BCUT2D eigenvalue weighted by atomic mass is 32.2. The number of rotatable bonds is 6. The second kappa shape index (κ2) is 6.51. The topological polar surface area (TPSA) is 26.3 Å². The average molecular weight is 330 g/mol. The van der Waals surface area contributed by atoms with Gasteiger partial charge in [-0.25, -0.2) is 0 Å². The quantitative estimate of drug-likeness (QED) is 0.546. The van der Waals surface area contributed by atoms with E-state index in [-0.39, 0.29) is 5.97 Å². The van der Waals surface area contributed by atoms with Gasteiger partial charge in [-0.15, -0.1) is 11.8 Å². The Balaban J connectivity index is 1.22. The van der Waals surface area contributed by atoms with Crippen molar-refractivity contribution in [2.45, 2.75) is 49.8 Å². The second-order valence-corrected chi connectivity index (χ2v) is 9.04. The smallest absolute Gasteiger partial charge is 0.316 e. The van der Waals surface area contributed by atoms with Gasteiger partial charge < -0.3 is 4.74 Å². The first-order valence-corrected chi connectivity index (χ1v) is 10.0. The van der Waals surface area contributed by atoms with Crippen molar-refractivity contribution in [3.63, 3.8) is 0 Å². The van der Waals surface area contributed by atoms with Crippen molar-refractivity contribution in [3.05, 3.63) is 30.3 Å². The molecule has 0 spiro atoms. The maximum Gasteiger partial charge on any atom is 0.316 e. The first-order chi connectivity index (χ1) is 11.2. The summed E-state index contributed by atoms with van der Waals surface area (Å²) in [4.78, 5) is 13.1. The van der Waals surface area contributed by atoms with Crippen molar-refractivity contribution in [2.24, 2.45) is 23.2 Å². The lowest BCUT2D eigenvalue weighted by molar-refractivity contribution is -0.142. The van der Waals surface area contributed by atoms with Crippen LogP contribution in [-0.2, 0) is 9.53 Å². The van der Waals surface area contributed by atoms with Crippen molar-refractivity contribution in [1.29, 1.82) is 0 Å². The first kappa shape index (κ1) is 15.6. The molecule has 3 heteroatoms. The minimum atomic E-state index is -0.0661. The Morgan fingerprint density at radius 1 is 1.04 bits per heavy atom. The number of ether oxygens (including phenoxy) is 1. The van der Waals surface area contributed by atoms with Crippen molar-refractivity contribution >= 4 is 17.7 Å². The molecule has 0 unspecified atom stereocenters. The number of esters is 1. The molecule has 124 valence electrons. The summed E-state index contributed by atoms with van der Waals surface area (Å²) < 4.78 is 5.54. The van der Waals surface area contributed by atoms with Gasteiger partial charge in [0.15, 0.2) is 0 Å². The van der Waals surface area contributed by atoms with Crippen LogP contribution in [0.3, 0.4) is 0 Å². The van der Waals surface area contributed by atoms with Gasteiger partial charge in [0.05, 0.1) is 12.4 Å². The molecule has 0 saturated heterocycles. The predicted octanol–water partition coefficient (Wildman–Crippen LogP) is 4.93. The Labute approximate surface area is 143 Å². The van der Waals surface area contributed by atoms with E-state index in [4.69, 9.17) is 4.74 Å². The normalized spacial score (nSPS) is 34.5. The summed E-state index contributed by atoms with van der Waals surface area (Å²) in [7, 11) is 0. The zero-order chi connectivity index (χ0) is 15.7. The first-order valence-electron chi connectivity index (χ1n) is 9.04. The standard InChI is InChI=1S/C20H26O2S/c21-19(14-23-18-4-2-1-3-5-18)22-7-6-20-11-15-8-16(12-20)10-17(9-15)13-20/h1-5,15-17H,6-14H2. The molecule has 4 saturated carbocycles. The summed E-state index contributed by atoms with van der Waals surface area (Å²) >= 11 is 1.56. The fourth-order valence-corrected chi connectivity index (χ4v) is 6.40. The Kier molecular flexibility index (Phi) is 4.40. The van der Waals surface area contributed by atoms with E-state index in [0.29, 0.717) is 17.8 Å². The maximum atomic E-state index is 12.0. The lowest BCUT2D eigenvalue weighted by atomic mass is 9.49. The molecule has 0 amide bonds. The zero-order valence-electron chi connectivity index (χ0n) is 13.7. The van der Waals surface area contributed by atoms with Crippen LogP contribution in [0, 0.1) is 23.2 Å². The van der Waals surface area contributed by atoms with Crippen molar-refractivity contribution < 1.29 is 9.53 Å². The van der Waals surface area contributed by atoms with Gasteiger partial charge in [0, 0.05) is 4.90 Å². The third kappa shape index (κ3) is 3.60. The second-order valence-electron chi connectivity index (χ2n) is 7.99. The number of benzene rings is 1. The van der Waals surface area contributed by atoms with Crippen molar-refractivity contribution in [3.8, 4) is 0 Å². The zero-order valence-corrected chi connectivity index (χ0v) is 14.5. The SMILES string of the molecule is O=C(CSc1ccccc1)OCCC12CC3CC(CC(C3)C1)C2. The molecule has 4 aliphatic rings. The average Bonchev–Trinajstić information content (AvgIpc) is 2.52. The van der Waals surface area contributed by atoms with Crippen molar-refractivity contribution in [2.75, 3.05) is 12.4 Å². The van der Waals surface area contributed by atoms with Crippen LogP contribution in [0.2, 0.25) is 0 Å². The molecule has 0 N–H and O–H groups in total. The highest BCUT2D eigenvalue weighted by molar-refractivity contribution is 8.00. The van der Waals surface area contributed by atoms with E-state index in [9.17, 15) is 4.79 Å². The molecule has 4 bridgehead atoms. The molecule has 4 aliphatic carbocycles. The molecule has 5 rings (SSSR count). The summed E-state index contributed by atoms with van der Waals surface area (Å²) in [6, 6.07) is 10.1. The van der Waals surface area contributed by atoms with E-state index in [0.717, 1.165) is 29.1 Å². The molecule has 0 heterocycles. The summed E-state index contributed by atoms with van der Waals surface area (Å²) in [5.74, 6) is 3.29. The van der Waals surface area contributed by atoms with Crippen LogP contribution in [0.15, 0.2) is 35.2 Å². The number of carbonyl (C=O) groups is 1. The van der Waals surface area contributed by atoms with Crippen LogP contribution in [-0.4, -0.2) is 18.3 Å². The van der Waals surface area contributed by atoms with Crippen molar-refractivity contribution in [1.82, 2.24) is 0 Å². The largest absolute Gasteiger partial charge is 0.465 e. The fourth-order valence-electron chi connectivity index (χ4n) is 5.68. The van der Waals surface area contributed by atoms with Crippen LogP contribution >= 0.6 is 11.8 Å². The van der Waals surface area contributed by atoms with Crippen LogP contribution in [0.1, 0.15) is 44.9 Å². The summed E-state index contributed by atoms with van der Waals surface area (Å²) in [6.45, 7) is 0.625. The van der Waals surface area contributed by atoms with E-state index in [1.54, 1.807) is 11.8 Å². The van der Waals surface area contributed by atoms with Gasteiger partial charge in [0.25, 0.3) is 0 Å². The fraction of sp³-hybridized carbons (Fsp3) is 0.650. The number of carbonyl (C=O) groups excluding carboxylic acids is 1. The van der Waals surface area contributed by atoms with Crippen LogP contribution in [0.25, 0.3) is 0 Å². The minimum absolute atomic E-state index is 0.0661. The Morgan fingerprint density at radius 2 is 1.65 bits per heavy atom. The lowest BCUT2D eigenvalue weighted by Crippen LogP contribution is -2.46.